The molecule has 0 radical (unpaired) electrons. The Labute approximate surface area is 157 Å². The van der Waals surface area contributed by atoms with Gasteiger partial charge in [-0.1, -0.05) is 18.2 Å². The number of fused-ring (bicyclic) bond motifs is 1. The normalized spacial score (nSPS) is 17.9. The van der Waals surface area contributed by atoms with Crippen molar-refractivity contribution in [3.8, 4) is 0 Å². The fourth-order valence-electron chi connectivity index (χ4n) is 3.63. The van der Waals surface area contributed by atoms with Gasteiger partial charge in [0, 0.05) is 32.4 Å². The Hall–Kier alpha value is -3.22. The van der Waals surface area contributed by atoms with Crippen molar-refractivity contribution in [3.05, 3.63) is 59.8 Å². The molecule has 0 bridgehead atoms. The van der Waals surface area contributed by atoms with Crippen LogP contribution in [0.1, 0.15) is 27.6 Å². The molecule has 1 saturated heterocycles. The molecule has 3 heterocycles. The first-order valence-corrected chi connectivity index (χ1v) is 8.99. The van der Waals surface area contributed by atoms with Gasteiger partial charge in [0.25, 0.3) is 11.8 Å². The Morgan fingerprint density at radius 3 is 2.07 bits per heavy atom. The van der Waals surface area contributed by atoms with Crippen molar-refractivity contribution in [1.29, 1.82) is 0 Å². The molecule has 0 unspecified atom stereocenters. The molecule has 1 aromatic heterocycles. The van der Waals surface area contributed by atoms with Gasteiger partial charge in [0.1, 0.15) is 11.9 Å². The summed E-state index contributed by atoms with van der Waals surface area (Å²) >= 11 is 0. The first-order valence-electron chi connectivity index (χ1n) is 8.99. The van der Waals surface area contributed by atoms with E-state index >= 15 is 0 Å². The van der Waals surface area contributed by atoms with Crippen molar-refractivity contribution >= 4 is 23.5 Å². The number of carbonyl (C=O) groups is 3. The SMILES string of the molecule is C[C@H](C(=O)N1CCN(c2ccccn2)CC1)N1C(=O)c2ccccc2C1=O. The van der Waals surface area contributed by atoms with E-state index in [1.54, 1.807) is 42.3 Å². The van der Waals surface area contributed by atoms with Gasteiger partial charge < -0.3 is 9.80 Å². The summed E-state index contributed by atoms with van der Waals surface area (Å²) in [5.41, 5.74) is 0.726. The highest BCUT2D eigenvalue weighted by Crippen LogP contribution is 2.25. The van der Waals surface area contributed by atoms with Crippen molar-refractivity contribution < 1.29 is 14.4 Å². The van der Waals surface area contributed by atoms with E-state index in [4.69, 9.17) is 0 Å². The molecule has 138 valence electrons. The third-order valence-electron chi connectivity index (χ3n) is 5.13. The summed E-state index contributed by atoms with van der Waals surface area (Å²) in [5.74, 6) is -0.115. The number of aromatic nitrogens is 1. The van der Waals surface area contributed by atoms with Crippen LogP contribution in [0.4, 0.5) is 5.82 Å². The molecule has 7 nitrogen and oxygen atoms in total. The molecule has 1 atom stereocenters. The summed E-state index contributed by atoms with van der Waals surface area (Å²) in [6.07, 6.45) is 1.75. The summed E-state index contributed by atoms with van der Waals surface area (Å²) in [5, 5.41) is 0. The second-order valence-corrected chi connectivity index (χ2v) is 6.70. The number of hydrogen-bond donors (Lipinski definition) is 0. The van der Waals surface area contributed by atoms with Crippen molar-refractivity contribution in [2.24, 2.45) is 0 Å². The summed E-state index contributed by atoms with van der Waals surface area (Å²) in [6, 6.07) is 11.6. The average molecular weight is 364 g/mol. The van der Waals surface area contributed by atoms with Crippen molar-refractivity contribution in [1.82, 2.24) is 14.8 Å². The van der Waals surface area contributed by atoms with Crippen LogP contribution in [0.25, 0.3) is 0 Å². The zero-order valence-electron chi connectivity index (χ0n) is 15.0. The predicted molar refractivity (Wildman–Crippen MR) is 99.4 cm³/mol. The van der Waals surface area contributed by atoms with E-state index < -0.39 is 17.9 Å². The van der Waals surface area contributed by atoms with Crippen LogP contribution < -0.4 is 4.90 Å². The van der Waals surface area contributed by atoms with E-state index in [9.17, 15) is 14.4 Å². The van der Waals surface area contributed by atoms with Gasteiger partial charge in [-0.25, -0.2) is 4.98 Å². The number of piperazine rings is 1. The third kappa shape index (κ3) is 2.95. The van der Waals surface area contributed by atoms with Gasteiger partial charge in [-0.3, -0.25) is 19.3 Å². The fraction of sp³-hybridized carbons (Fsp3) is 0.300. The number of carbonyl (C=O) groups excluding carboxylic acids is 3. The number of anilines is 1. The Morgan fingerprint density at radius 2 is 1.52 bits per heavy atom. The number of imide groups is 1. The highest BCUT2D eigenvalue weighted by atomic mass is 16.2. The van der Waals surface area contributed by atoms with E-state index in [2.05, 4.69) is 9.88 Å². The van der Waals surface area contributed by atoms with Crippen LogP contribution in [0, 0.1) is 0 Å². The summed E-state index contributed by atoms with van der Waals surface area (Å²) in [7, 11) is 0. The first-order chi connectivity index (χ1) is 13.1. The molecule has 3 amide bonds. The highest BCUT2D eigenvalue weighted by molar-refractivity contribution is 6.22. The smallest absolute Gasteiger partial charge is 0.262 e. The van der Waals surface area contributed by atoms with Crippen molar-refractivity contribution in [3.63, 3.8) is 0 Å². The molecule has 0 aliphatic carbocycles. The van der Waals surface area contributed by atoms with Gasteiger partial charge in [0.05, 0.1) is 11.1 Å². The molecule has 7 heteroatoms. The third-order valence-corrected chi connectivity index (χ3v) is 5.13. The molecule has 0 spiro atoms. The molecule has 4 rings (SSSR count). The predicted octanol–water partition coefficient (Wildman–Crippen LogP) is 1.41. The maximum atomic E-state index is 12.9. The van der Waals surface area contributed by atoms with Crippen LogP contribution in [0.3, 0.4) is 0 Å². The molecule has 2 aliphatic rings. The maximum Gasteiger partial charge on any atom is 0.262 e. The van der Waals surface area contributed by atoms with Gasteiger partial charge in [-0.05, 0) is 31.2 Å². The topological polar surface area (TPSA) is 73.8 Å². The van der Waals surface area contributed by atoms with Crippen LogP contribution in [-0.2, 0) is 4.79 Å². The molecule has 0 saturated carbocycles. The van der Waals surface area contributed by atoms with Gasteiger partial charge in [0.15, 0.2) is 0 Å². The first kappa shape index (κ1) is 17.2. The Morgan fingerprint density at radius 1 is 0.926 bits per heavy atom. The minimum absolute atomic E-state index is 0.204. The van der Waals surface area contributed by atoms with Crippen molar-refractivity contribution in [2.75, 3.05) is 31.1 Å². The number of hydrogen-bond acceptors (Lipinski definition) is 5. The van der Waals surface area contributed by atoms with Crippen LogP contribution >= 0.6 is 0 Å². The molecular weight excluding hydrogens is 344 g/mol. The van der Waals surface area contributed by atoms with Crippen LogP contribution in [0.15, 0.2) is 48.7 Å². The average Bonchev–Trinajstić information content (AvgIpc) is 2.98. The summed E-state index contributed by atoms with van der Waals surface area (Å²) < 4.78 is 0. The lowest BCUT2D eigenvalue weighted by atomic mass is 10.1. The largest absolute Gasteiger partial charge is 0.353 e. The van der Waals surface area contributed by atoms with Crippen LogP contribution in [0.2, 0.25) is 0 Å². The zero-order chi connectivity index (χ0) is 19.0. The monoisotopic (exact) mass is 364 g/mol. The minimum Gasteiger partial charge on any atom is -0.353 e. The molecular formula is C20H20N4O3. The molecule has 1 fully saturated rings. The van der Waals surface area contributed by atoms with E-state index in [1.807, 2.05) is 18.2 Å². The van der Waals surface area contributed by atoms with E-state index in [-0.39, 0.29) is 5.91 Å². The molecule has 1 aromatic carbocycles. The van der Waals surface area contributed by atoms with Crippen LogP contribution in [-0.4, -0.2) is 64.7 Å². The Kier molecular flexibility index (Phi) is 4.35. The van der Waals surface area contributed by atoms with Gasteiger partial charge >= 0.3 is 0 Å². The minimum atomic E-state index is -0.821. The van der Waals surface area contributed by atoms with Crippen LogP contribution in [0.5, 0.6) is 0 Å². The standard InChI is InChI=1S/C20H20N4O3/c1-14(24-19(26)15-6-2-3-7-16(15)20(24)27)18(25)23-12-10-22(11-13-23)17-8-4-5-9-21-17/h2-9,14H,10-13H2,1H3/t14-/m1/s1. The Balaban J connectivity index is 1.44. The van der Waals surface area contributed by atoms with Crippen molar-refractivity contribution in [2.45, 2.75) is 13.0 Å². The summed E-state index contributed by atoms with van der Waals surface area (Å²) in [6.45, 7) is 4.01. The number of nitrogens with zero attached hydrogens (tertiary/aromatic N) is 4. The number of pyridine rings is 1. The lowest BCUT2D eigenvalue weighted by Crippen LogP contribution is -2.55. The Bertz CT molecular complexity index is 856. The molecule has 27 heavy (non-hydrogen) atoms. The quantitative estimate of drug-likeness (QED) is 0.770. The second kappa shape index (κ2) is 6.83. The summed E-state index contributed by atoms with van der Waals surface area (Å²) in [4.78, 5) is 47.4. The molecule has 0 N–H and O–H groups in total. The van der Waals surface area contributed by atoms with Gasteiger partial charge in [-0.15, -0.1) is 0 Å². The lowest BCUT2D eigenvalue weighted by Gasteiger charge is -2.37. The van der Waals surface area contributed by atoms with Gasteiger partial charge in [0.2, 0.25) is 5.91 Å². The van der Waals surface area contributed by atoms with E-state index in [1.165, 1.54) is 0 Å². The molecule has 2 aromatic rings. The molecule has 2 aliphatic heterocycles. The zero-order valence-corrected chi connectivity index (χ0v) is 15.0. The number of benzene rings is 1. The van der Waals surface area contributed by atoms with E-state index in [0.717, 1.165) is 10.7 Å². The number of amides is 3. The van der Waals surface area contributed by atoms with Gasteiger partial charge in [-0.2, -0.15) is 0 Å². The fourth-order valence-corrected chi connectivity index (χ4v) is 3.63. The highest BCUT2D eigenvalue weighted by Gasteiger charge is 2.42. The second-order valence-electron chi connectivity index (χ2n) is 6.70. The lowest BCUT2D eigenvalue weighted by molar-refractivity contribution is -0.135. The number of rotatable bonds is 3. The van der Waals surface area contributed by atoms with E-state index in [0.29, 0.717) is 37.3 Å². The maximum absolute atomic E-state index is 12.9.